The van der Waals surface area contributed by atoms with Gasteiger partial charge in [-0.3, -0.25) is 4.62 Å². The van der Waals surface area contributed by atoms with Crippen LogP contribution in [-0.4, -0.2) is 23.3 Å². The minimum absolute atomic E-state index is 0.398. The highest BCUT2D eigenvalue weighted by molar-refractivity contribution is 7.32. The highest BCUT2D eigenvalue weighted by atomic mass is 31.1. The molecule has 0 aromatic heterocycles. The molecule has 0 aromatic carbocycles. The molecule has 4 heteroatoms. The van der Waals surface area contributed by atoms with E-state index < -0.39 is 0 Å². The summed E-state index contributed by atoms with van der Waals surface area (Å²) in [6.45, 7) is 8.42. The fourth-order valence-corrected chi connectivity index (χ4v) is 1.91. The van der Waals surface area contributed by atoms with Crippen LogP contribution in [0.3, 0.4) is 0 Å². The zero-order valence-corrected chi connectivity index (χ0v) is 9.87. The Morgan fingerprint density at radius 3 is 2.23 bits per heavy atom. The van der Waals surface area contributed by atoms with E-state index in [-0.39, 0.29) is 0 Å². The van der Waals surface area contributed by atoms with Crippen molar-refractivity contribution in [1.29, 1.82) is 5.26 Å². The van der Waals surface area contributed by atoms with Crippen LogP contribution in [0.25, 0.3) is 0 Å². The average Bonchev–Trinajstić information content (AvgIpc) is 2.02. The molecule has 1 unspecified atom stereocenters. The number of nitriles is 1. The van der Waals surface area contributed by atoms with E-state index in [1.54, 1.807) is 0 Å². The lowest BCUT2D eigenvalue weighted by Crippen LogP contribution is -2.34. The van der Waals surface area contributed by atoms with Crippen molar-refractivity contribution in [1.82, 2.24) is 5.06 Å². The van der Waals surface area contributed by atoms with E-state index in [1.165, 1.54) is 0 Å². The quantitative estimate of drug-likeness (QED) is 0.377. The van der Waals surface area contributed by atoms with E-state index in [0.29, 0.717) is 27.3 Å². The van der Waals surface area contributed by atoms with Crippen LogP contribution in [0.1, 0.15) is 34.1 Å². The molecule has 0 saturated carbocycles. The number of hydroxylamine groups is 2. The highest BCUT2D eigenvalue weighted by Crippen LogP contribution is 2.19. The fourth-order valence-electron chi connectivity index (χ4n) is 1.03. The maximum absolute atomic E-state index is 8.34. The summed E-state index contributed by atoms with van der Waals surface area (Å²) in [6, 6.07) is 2.90. The van der Waals surface area contributed by atoms with Gasteiger partial charge in [-0.1, -0.05) is 0 Å². The Kier molecular flexibility index (Phi) is 7.17. The van der Waals surface area contributed by atoms with Crippen LogP contribution >= 0.6 is 8.81 Å². The molecule has 0 fully saturated rings. The molecule has 0 aromatic rings. The average molecular weight is 202 g/mol. The van der Waals surface area contributed by atoms with E-state index >= 15 is 0 Å². The maximum atomic E-state index is 8.34. The van der Waals surface area contributed by atoms with Gasteiger partial charge in [0.25, 0.3) is 0 Å². The van der Waals surface area contributed by atoms with Crippen LogP contribution in [0.4, 0.5) is 0 Å². The topological polar surface area (TPSA) is 36.3 Å². The second kappa shape index (κ2) is 7.26. The van der Waals surface area contributed by atoms with Gasteiger partial charge in [0, 0.05) is 33.5 Å². The van der Waals surface area contributed by atoms with Crippen LogP contribution in [-0.2, 0) is 4.62 Å². The lowest BCUT2D eigenvalue weighted by molar-refractivity contribution is -0.0983. The van der Waals surface area contributed by atoms with Crippen molar-refractivity contribution in [3.63, 3.8) is 0 Å². The predicted octanol–water partition coefficient (Wildman–Crippen LogP) is 2.54. The zero-order chi connectivity index (χ0) is 10.3. The van der Waals surface area contributed by atoms with Gasteiger partial charge in [0.05, 0.1) is 6.07 Å². The molecule has 0 radical (unpaired) electrons. The monoisotopic (exact) mass is 202 g/mol. The van der Waals surface area contributed by atoms with E-state index in [2.05, 4.69) is 33.8 Å². The molecule has 0 N–H and O–H groups in total. The Bertz CT molecular complexity index is 157. The minimum Gasteiger partial charge on any atom is -0.280 e. The first kappa shape index (κ1) is 12.8. The van der Waals surface area contributed by atoms with Gasteiger partial charge in [-0.2, -0.15) is 10.3 Å². The molecule has 0 rings (SSSR count). The maximum Gasteiger partial charge on any atom is 0.0626 e. The standard InChI is InChI=1S/C9H19N2OP/c1-8(2)11(9(3)4)12-13-7-5-6-10/h8-9,13H,5,7H2,1-4H3. The van der Waals surface area contributed by atoms with Gasteiger partial charge in [0.15, 0.2) is 0 Å². The van der Waals surface area contributed by atoms with Crippen LogP contribution in [0.15, 0.2) is 0 Å². The van der Waals surface area contributed by atoms with E-state index in [4.69, 9.17) is 9.89 Å². The first-order chi connectivity index (χ1) is 6.09. The molecule has 0 saturated heterocycles. The molecule has 76 valence electrons. The third-order valence-corrected chi connectivity index (χ3v) is 2.32. The molecular weight excluding hydrogens is 183 g/mol. The zero-order valence-electron chi connectivity index (χ0n) is 8.87. The molecule has 13 heavy (non-hydrogen) atoms. The molecule has 0 bridgehead atoms. The lowest BCUT2D eigenvalue weighted by atomic mass is 10.3. The number of hydrogen-bond acceptors (Lipinski definition) is 3. The summed E-state index contributed by atoms with van der Waals surface area (Å²) >= 11 is 0. The summed E-state index contributed by atoms with van der Waals surface area (Å²) in [5.41, 5.74) is 0. The molecule has 1 atom stereocenters. The van der Waals surface area contributed by atoms with Gasteiger partial charge >= 0.3 is 0 Å². The minimum atomic E-state index is 0.398. The molecule has 0 aliphatic carbocycles. The Labute approximate surface area is 82.9 Å². The van der Waals surface area contributed by atoms with Crippen molar-refractivity contribution >= 4 is 8.81 Å². The molecule has 0 aliphatic rings. The number of hydrogen-bond donors (Lipinski definition) is 0. The molecular formula is C9H19N2OP. The lowest BCUT2D eigenvalue weighted by Gasteiger charge is -2.28. The summed E-state index contributed by atoms with van der Waals surface area (Å²) < 4.78 is 5.58. The van der Waals surface area contributed by atoms with E-state index in [1.807, 2.05) is 5.06 Å². The molecule has 3 nitrogen and oxygen atoms in total. The van der Waals surface area contributed by atoms with Gasteiger partial charge < -0.3 is 0 Å². The highest BCUT2D eigenvalue weighted by Gasteiger charge is 2.13. The predicted molar refractivity (Wildman–Crippen MR) is 56.6 cm³/mol. The Morgan fingerprint density at radius 2 is 1.85 bits per heavy atom. The van der Waals surface area contributed by atoms with Crippen molar-refractivity contribution in [3.05, 3.63) is 0 Å². The van der Waals surface area contributed by atoms with Crippen molar-refractivity contribution in [3.8, 4) is 6.07 Å². The third-order valence-electron chi connectivity index (χ3n) is 1.53. The molecule has 0 amide bonds. The third kappa shape index (κ3) is 5.99. The normalized spacial score (nSPS) is 12.2. The van der Waals surface area contributed by atoms with E-state index in [0.717, 1.165) is 6.16 Å². The van der Waals surface area contributed by atoms with Crippen LogP contribution in [0, 0.1) is 11.3 Å². The summed E-state index contributed by atoms with van der Waals surface area (Å²) in [6.07, 6.45) is 1.43. The smallest absolute Gasteiger partial charge is 0.0626 e. The Morgan fingerprint density at radius 1 is 1.31 bits per heavy atom. The van der Waals surface area contributed by atoms with E-state index in [9.17, 15) is 0 Å². The molecule has 0 aliphatic heterocycles. The molecule has 0 heterocycles. The SMILES string of the molecule is CC(C)N(OPCCC#N)C(C)C. The van der Waals surface area contributed by atoms with Gasteiger partial charge in [0.2, 0.25) is 0 Å². The number of nitrogens with zero attached hydrogens (tertiary/aromatic N) is 2. The first-order valence-corrected chi connectivity index (χ1v) is 5.76. The first-order valence-electron chi connectivity index (χ1n) is 4.64. The summed E-state index contributed by atoms with van der Waals surface area (Å²) in [5.74, 6) is 0. The second-order valence-electron chi connectivity index (χ2n) is 3.44. The fraction of sp³-hybridized carbons (Fsp3) is 0.889. The molecule has 0 spiro atoms. The number of rotatable bonds is 6. The van der Waals surface area contributed by atoms with Gasteiger partial charge in [0.1, 0.15) is 0 Å². The van der Waals surface area contributed by atoms with Gasteiger partial charge in [-0.25, -0.2) is 0 Å². The van der Waals surface area contributed by atoms with Crippen molar-refractivity contribution in [2.24, 2.45) is 0 Å². The van der Waals surface area contributed by atoms with Crippen molar-refractivity contribution in [2.45, 2.75) is 46.2 Å². The Balaban J connectivity index is 3.65. The van der Waals surface area contributed by atoms with Gasteiger partial charge in [-0.05, 0) is 27.7 Å². The summed E-state index contributed by atoms with van der Waals surface area (Å²) in [5, 5.41) is 10.3. The Hall–Kier alpha value is -0.160. The van der Waals surface area contributed by atoms with Crippen molar-refractivity contribution < 1.29 is 4.62 Å². The van der Waals surface area contributed by atoms with Gasteiger partial charge in [-0.15, -0.1) is 0 Å². The van der Waals surface area contributed by atoms with Crippen molar-refractivity contribution in [2.75, 3.05) is 6.16 Å². The summed E-state index contributed by atoms with van der Waals surface area (Å²) in [4.78, 5) is 0. The van der Waals surface area contributed by atoms with Crippen LogP contribution in [0.2, 0.25) is 0 Å². The van der Waals surface area contributed by atoms with Crippen LogP contribution < -0.4 is 0 Å². The summed E-state index contributed by atoms with van der Waals surface area (Å²) in [7, 11) is 0.408. The largest absolute Gasteiger partial charge is 0.280 e. The van der Waals surface area contributed by atoms with Crippen LogP contribution in [0.5, 0.6) is 0 Å². The second-order valence-corrected chi connectivity index (χ2v) is 4.41.